The van der Waals surface area contributed by atoms with Crippen LogP contribution in [-0.4, -0.2) is 31.6 Å². The van der Waals surface area contributed by atoms with Crippen LogP contribution in [0, 0.1) is 0 Å². The van der Waals surface area contributed by atoms with Crippen LogP contribution in [0.5, 0.6) is 0 Å². The van der Waals surface area contributed by atoms with Gasteiger partial charge in [-0.3, -0.25) is 4.79 Å². The number of carbonyl (C=O) groups excluding carboxylic acids is 1. The molecule has 4 rings (SSSR count). The Kier molecular flexibility index (Phi) is 2.14. The number of carbonyl (C=O) groups is 1. The van der Waals surface area contributed by atoms with E-state index in [1.165, 1.54) is 17.7 Å². The second-order valence-corrected chi connectivity index (χ2v) is 5.40. The molecule has 1 amide bonds. The lowest BCUT2D eigenvalue weighted by molar-refractivity contribution is -0.116. The molecule has 3 heterocycles. The average molecular weight is 243 g/mol. The van der Waals surface area contributed by atoms with Gasteiger partial charge in [-0.2, -0.15) is 0 Å². The van der Waals surface area contributed by atoms with Crippen LogP contribution in [0.25, 0.3) is 0 Å². The molecular weight excluding hydrogens is 226 g/mol. The van der Waals surface area contributed by atoms with Crippen molar-refractivity contribution in [1.82, 2.24) is 5.32 Å². The summed E-state index contributed by atoms with van der Waals surface area (Å²) < 4.78 is 0. The highest BCUT2D eigenvalue weighted by Gasteiger charge is 2.41. The molecule has 0 unspecified atom stereocenters. The summed E-state index contributed by atoms with van der Waals surface area (Å²) >= 11 is 0. The number of amides is 1. The van der Waals surface area contributed by atoms with Gasteiger partial charge in [-0.05, 0) is 24.6 Å². The quantitative estimate of drug-likeness (QED) is 0.722. The van der Waals surface area contributed by atoms with Crippen molar-refractivity contribution in [3.05, 3.63) is 23.8 Å². The molecule has 18 heavy (non-hydrogen) atoms. The first-order valence-electron chi connectivity index (χ1n) is 6.75. The molecular formula is C14H17N3O. The highest BCUT2D eigenvalue weighted by molar-refractivity contribution is 5.97. The van der Waals surface area contributed by atoms with Gasteiger partial charge in [0.25, 0.3) is 0 Å². The maximum absolute atomic E-state index is 11.7. The lowest BCUT2D eigenvalue weighted by atomic mass is 9.90. The third kappa shape index (κ3) is 1.32. The van der Waals surface area contributed by atoms with E-state index in [0.717, 1.165) is 25.3 Å². The van der Waals surface area contributed by atoms with E-state index < -0.39 is 0 Å². The van der Waals surface area contributed by atoms with Crippen LogP contribution >= 0.6 is 0 Å². The van der Waals surface area contributed by atoms with Crippen LogP contribution in [0.3, 0.4) is 0 Å². The number of benzene rings is 1. The number of piperidine rings is 1. The van der Waals surface area contributed by atoms with Gasteiger partial charge in [-0.25, -0.2) is 0 Å². The smallest absolute Gasteiger partial charge is 0.226 e. The van der Waals surface area contributed by atoms with Crippen LogP contribution in [0.4, 0.5) is 11.4 Å². The Balaban J connectivity index is 1.88. The van der Waals surface area contributed by atoms with Crippen molar-refractivity contribution in [2.24, 2.45) is 0 Å². The first-order valence-corrected chi connectivity index (χ1v) is 6.75. The van der Waals surface area contributed by atoms with Crippen molar-refractivity contribution in [3.63, 3.8) is 0 Å². The zero-order chi connectivity index (χ0) is 12.1. The molecule has 4 nitrogen and oxygen atoms in total. The van der Waals surface area contributed by atoms with Crippen molar-refractivity contribution < 1.29 is 4.79 Å². The van der Waals surface area contributed by atoms with E-state index in [0.29, 0.717) is 18.4 Å². The van der Waals surface area contributed by atoms with E-state index in [2.05, 4.69) is 27.7 Å². The minimum Gasteiger partial charge on any atom is -0.365 e. The molecule has 3 aliphatic rings. The Morgan fingerprint density at radius 1 is 1.33 bits per heavy atom. The molecule has 0 aromatic heterocycles. The minimum absolute atomic E-state index is 0.142. The van der Waals surface area contributed by atoms with E-state index in [4.69, 9.17) is 0 Å². The van der Waals surface area contributed by atoms with Gasteiger partial charge in [-0.1, -0.05) is 12.1 Å². The summed E-state index contributed by atoms with van der Waals surface area (Å²) in [5.41, 5.74) is 3.69. The predicted octanol–water partition coefficient (Wildman–Crippen LogP) is 1.29. The SMILES string of the molecule is O=C1CCN2c3c(cccc3[C@@H]3CNCC[C@@H]32)N1. The Morgan fingerprint density at radius 2 is 2.28 bits per heavy atom. The van der Waals surface area contributed by atoms with E-state index in [1.54, 1.807) is 0 Å². The fraction of sp³-hybridized carbons (Fsp3) is 0.500. The van der Waals surface area contributed by atoms with Crippen LogP contribution in [0.15, 0.2) is 18.2 Å². The zero-order valence-corrected chi connectivity index (χ0v) is 10.3. The summed E-state index contributed by atoms with van der Waals surface area (Å²) in [4.78, 5) is 14.2. The van der Waals surface area contributed by atoms with Gasteiger partial charge in [-0.15, -0.1) is 0 Å². The second-order valence-electron chi connectivity index (χ2n) is 5.40. The first kappa shape index (κ1) is 10.4. The van der Waals surface area contributed by atoms with Gasteiger partial charge in [0.1, 0.15) is 0 Å². The number of nitrogens with zero attached hydrogens (tertiary/aromatic N) is 1. The molecule has 1 aromatic carbocycles. The number of fused-ring (bicyclic) bond motifs is 3. The Labute approximate surface area is 106 Å². The maximum Gasteiger partial charge on any atom is 0.226 e. The molecule has 1 fully saturated rings. The lowest BCUT2D eigenvalue weighted by Gasteiger charge is -2.33. The fourth-order valence-electron chi connectivity index (χ4n) is 3.70. The van der Waals surface area contributed by atoms with Crippen LogP contribution in [-0.2, 0) is 4.79 Å². The molecule has 0 saturated carbocycles. The van der Waals surface area contributed by atoms with Crippen molar-refractivity contribution >= 4 is 17.3 Å². The van der Waals surface area contributed by atoms with E-state index >= 15 is 0 Å². The molecule has 1 aromatic rings. The van der Waals surface area contributed by atoms with Crippen LogP contribution in [0.1, 0.15) is 24.3 Å². The molecule has 2 N–H and O–H groups in total. The predicted molar refractivity (Wildman–Crippen MR) is 71.1 cm³/mol. The number of para-hydroxylation sites is 1. The summed E-state index contributed by atoms with van der Waals surface area (Å²) in [5.74, 6) is 0.729. The van der Waals surface area contributed by atoms with Crippen molar-refractivity contribution in [3.8, 4) is 0 Å². The standard InChI is InChI=1S/C14H17N3O/c18-13-5-7-17-12-4-6-15-8-10(12)9-2-1-3-11(16-13)14(9)17/h1-3,10,12,15H,4-8H2,(H,16,18)/t10-,12-/m0/s1. The van der Waals surface area contributed by atoms with Crippen LogP contribution < -0.4 is 15.5 Å². The Hall–Kier alpha value is -1.55. The monoisotopic (exact) mass is 243 g/mol. The molecule has 94 valence electrons. The minimum atomic E-state index is 0.142. The van der Waals surface area contributed by atoms with Gasteiger partial charge in [0.15, 0.2) is 0 Å². The Morgan fingerprint density at radius 3 is 3.22 bits per heavy atom. The summed E-state index contributed by atoms with van der Waals surface area (Å²) in [6.45, 7) is 3.00. The molecule has 0 aliphatic carbocycles. The normalized spacial score (nSPS) is 29.3. The highest BCUT2D eigenvalue weighted by atomic mass is 16.1. The number of hydrogen-bond donors (Lipinski definition) is 2. The molecule has 0 bridgehead atoms. The number of nitrogens with one attached hydrogen (secondary N) is 2. The van der Waals surface area contributed by atoms with E-state index in [1.807, 2.05) is 6.07 Å². The zero-order valence-electron chi connectivity index (χ0n) is 10.3. The summed E-state index contributed by atoms with van der Waals surface area (Å²) in [6.07, 6.45) is 1.78. The van der Waals surface area contributed by atoms with E-state index in [9.17, 15) is 4.79 Å². The third-order valence-electron chi connectivity index (χ3n) is 4.45. The highest BCUT2D eigenvalue weighted by Crippen LogP contribution is 2.47. The Bertz CT molecular complexity index is 514. The lowest BCUT2D eigenvalue weighted by Crippen LogP contribution is -2.44. The maximum atomic E-state index is 11.7. The molecule has 0 radical (unpaired) electrons. The molecule has 2 atom stereocenters. The second kappa shape index (κ2) is 3.72. The fourth-order valence-corrected chi connectivity index (χ4v) is 3.70. The van der Waals surface area contributed by atoms with Gasteiger partial charge in [0.2, 0.25) is 5.91 Å². The molecule has 4 heteroatoms. The molecule has 1 saturated heterocycles. The van der Waals surface area contributed by atoms with Crippen molar-refractivity contribution in [2.75, 3.05) is 29.9 Å². The van der Waals surface area contributed by atoms with Crippen LogP contribution in [0.2, 0.25) is 0 Å². The summed E-state index contributed by atoms with van der Waals surface area (Å²) in [6, 6.07) is 6.89. The van der Waals surface area contributed by atoms with E-state index in [-0.39, 0.29) is 5.91 Å². The summed E-state index contributed by atoms with van der Waals surface area (Å²) in [5, 5.41) is 6.53. The first-order chi connectivity index (χ1) is 8.84. The third-order valence-corrected chi connectivity index (χ3v) is 4.45. The van der Waals surface area contributed by atoms with Gasteiger partial charge in [0, 0.05) is 31.5 Å². The van der Waals surface area contributed by atoms with Gasteiger partial charge in [0.05, 0.1) is 11.4 Å². The topological polar surface area (TPSA) is 44.4 Å². The number of hydrogen-bond acceptors (Lipinski definition) is 3. The molecule has 0 spiro atoms. The average Bonchev–Trinajstić information content (AvgIpc) is 2.61. The van der Waals surface area contributed by atoms with Crippen molar-refractivity contribution in [2.45, 2.75) is 24.8 Å². The summed E-state index contributed by atoms with van der Waals surface area (Å²) in [7, 11) is 0. The molecule has 3 aliphatic heterocycles. The largest absolute Gasteiger partial charge is 0.365 e. The number of rotatable bonds is 0. The van der Waals surface area contributed by atoms with Gasteiger partial charge < -0.3 is 15.5 Å². The van der Waals surface area contributed by atoms with Gasteiger partial charge >= 0.3 is 0 Å². The number of anilines is 2. The van der Waals surface area contributed by atoms with Crippen molar-refractivity contribution in [1.29, 1.82) is 0 Å².